The zero-order chi connectivity index (χ0) is 13.0. The van der Waals surface area contributed by atoms with Gasteiger partial charge in [0.2, 0.25) is 0 Å². The second-order valence-electron chi connectivity index (χ2n) is 3.91. The van der Waals surface area contributed by atoms with Crippen LogP contribution in [0.25, 0.3) is 10.8 Å². The first-order chi connectivity index (χ1) is 8.72. The monoisotopic (exact) mass is 291 g/mol. The molecule has 0 saturated carbocycles. The van der Waals surface area contributed by atoms with Gasteiger partial charge in [-0.1, -0.05) is 48.2 Å². The van der Waals surface area contributed by atoms with Crippen LogP contribution in [0.2, 0.25) is 0 Å². The number of amidine groups is 1. The van der Waals surface area contributed by atoms with Gasteiger partial charge in [-0.3, -0.25) is 5.41 Å². The van der Waals surface area contributed by atoms with Crippen molar-refractivity contribution in [2.75, 3.05) is 0 Å². The van der Waals surface area contributed by atoms with Gasteiger partial charge in [-0.2, -0.15) is 5.26 Å². The molecule has 0 saturated heterocycles. The molecule has 3 nitrogen and oxygen atoms in total. The zero-order valence-electron chi connectivity index (χ0n) is 10.2. The van der Waals surface area contributed by atoms with E-state index in [-0.39, 0.29) is 17.6 Å². The van der Waals surface area contributed by atoms with Crippen LogP contribution in [0.3, 0.4) is 0 Å². The average Bonchev–Trinajstić information content (AvgIpc) is 2.38. The summed E-state index contributed by atoms with van der Waals surface area (Å²) in [7, 11) is 0. The average molecular weight is 292 g/mol. The molecule has 2 aromatic rings. The standard InChI is InChI=1S/C14H13N3S.ClH/c15-8-7-13-11(9-18-14(16)17)6-5-10-3-1-2-4-12(10)13;/h1-6H,7,9H2,(H3,16,17);1H. The van der Waals surface area contributed by atoms with Crippen LogP contribution in [0.5, 0.6) is 0 Å². The molecule has 19 heavy (non-hydrogen) atoms. The summed E-state index contributed by atoms with van der Waals surface area (Å²) in [5.41, 5.74) is 7.48. The summed E-state index contributed by atoms with van der Waals surface area (Å²) in [4.78, 5) is 0. The number of thioether (sulfide) groups is 1. The first-order valence-electron chi connectivity index (χ1n) is 5.55. The Kier molecular flexibility index (Phi) is 5.68. The number of hydrogen-bond donors (Lipinski definition) is 2. The predicted molar refractivity (Wildman–Crippen MR) is 83.7 cm³/mol. The Balaban J connectivity index is 0.00000180. The molecule has 0 aliphatic rings. The molecule has 2 rings (SSSR count). The van der Waals surface area contributed by atoms with E-state index in [0.717, 1.165) is 21.9 Å². The van der Waals surface area contributed by atoms with Crippen molar-refractivity contribution in [2.45, 2.75) is 12.2 Å². The molecule has 98 valence electrons. The van der Waals surface area contributed by atoms with Crippen LogP contribution in [0, 0.1) is 16.7 Å². The van der Waals surface area contributed by atoms with Crippen LogP contribution in [0.15, 0.2) is 36.4 Å². The van der Waals surface area contributed by atoms with E-state index in [9.17, 15) is 0 Å². The molecule has 0 atom stereocenters. The van der Waals surface area contributed by atoms with Crippen LogP contribution in [-0.2, 0) is 12.2 Å². The molecule has 0 radical (unpaired) electrons. The molecule has 0 fully saturated rings. The summed E-state index contributed by atoms with van der Waals surface area (Å²) in [6, 6.07) is 14.3. The lowest BCUT2D eigenvalue weighted by molar-refractivity contribution is 1.23. The van der Waals surface area contributed by atoms with Crippen molar-refractivity contribution in [3.05, 3.63) is 47.5 Å². The number of hydrogen-bond acceptors (Lipinski definition) is 3. The summed E-state index contributed by atoms with van der Waals surface area (Å²) in [5.74, 6) is 0.636. The Morgan fingerprint density at radius 2 is 2.00 bits per heavy atom. The van der Waals surface area contributed by atoms with Crippen molar-refractivity contribution in [3.63, 3.8) is 0 Å². The minimum absolute atomic E-state index is 0. The number of rotatable bonds is 3. The fourth-order valence-electron chi connectivity index (χ4n) is 1.96. The number of nitrogens with zero attached hydrogens (tertiary/aromatic N) is 1. The summed E-state index contributed by atoms with van der Waals surface area (Å²) in [5, 5.41) is 18.6. The third-order valence-corrected chi connectivity index (χ3v) is 3.54. The fraction of sp³-hybridized carbons (Fsp3) is 0.143. The smallest absolute Gasteiger partial charge is 0.151 e. The molecule has 0 aliphatic heterocycles. The van der Waals surface area contributed by atoms with Crippen molar-refractivity contribution >= 4 is 40.1 Å². The molecule has 2 aromatic carbocycles. The van der Waals surface area contributed by atoms with Gasteiger partial charge in [0.15, 0.2) is 5.17 Å². The van der Waals surface area contributed by atoms with E-state index in [1.54, 1.807) is 0 Å². The van der Waals surface area contributed by atoms with Gasteiger partial charge in [0.05, 0.1) is 12.5 Å². The Morgan fingerprint density at radius 3 is 2.68 bits per heavy atom. The third-order valence-electron chi connectivity index (χ3n) is 2.78. The lowest BCUT2D eigenvalue weighted by Crippen LogP contribution is -2.04. The van der Waals surface area contributed by atoms with Gasteiger partial charge in [-0.15, -0.1) is 12.4 Å². The van der Waals surface area contributed by atoms with Crippen LogP contribution < -0.4 is 5.73 Å². The highest BCUT2D eigenvalue weighted by molar-refractivity contribution is 8.13. The molecule has 0 unspecified atom stereocenters. The van der Waals surface area contributed by atoms with Gasteiger partial charge in [0, 0.05) is 5.75 Å². The molecule has 0 aliphatic carbocycles. The quantitative estimate of drug-likeness (QED) is 0.672. The molecule has 0 bridgehead atoms. The van der Waals surface area contributed by atoms with Crippen molar-refractivity contribution in [3.8, 4) is 6.07 Å². The highest BCUT2D eigenvalue weighted by atomic mass is 35.5. The van der Waals surface area contributed by atoms with E-state index in [1.165, 1.54) is 11.8 Å². The van der Waals surface area contributed by atoms with Gasteiger partial charge in [0.1, 0.15) is 0 Å². The number of nitrogens with two attached hydrogens (primary N) is 1. The van der Waals surface area contributed by atoms with Crippen molar-refractivity contribution in [1.82, 2.24) is 0 Å². The largest absolute Gasteiger partial charge is 0.379 e. The molecule has 0 amide bonds. The predicted octanol–water partition coefficient (Wildman–Crippen LogP) is 3.45. The zero-order valence-corrected chi connectivity index (χ0v) is 11.9. The maximum Gasteiger partial charge on any atom is 0.151 e. The van der Waals surface area contributed by atoms with E-state index < -0.39 is 0 Å². The molecule has 0 aromatic heterocycles. The third kappa shape index (κ3) is 3.63. The number of fused-ring (bicyclic) bond motifs is 1. The molecule has 5 heteroatoms. The normalized spacial score (nSPS) is 9.63. The van der Waals surface area contributed by atoms with Crippen molar-refractivity contribution in [2.24, 2.45) is 5.73 Å². The lowest BCUT2D eigenvalue weighted by Gasteiger charge is -2.10. The van der Waals surface area contributed by atoms with E-state index in [1.807, 2.05) is 36.4 Å². The number of benzene rings is 2. The van der Waals surface area contributed by atoms with E-state index in [4.69, 9.17) is 16.4 Å². The fourth-order valence-corrected chi connectivity index (χ4v) is 2.54. The summed E-state index contributed by atoms with van der Waals surface area (Å²) >= 11 is 1.28. The molecular formula is C14H14ClN3S. The maximum atomic E-state index is 8.96. The van der Waals surface area contributed by atoms with E-state index >= 15 is 0 Å². The second-order valence-corrected chi connectivity index (χ2v) is 4.93. The molecule has 3 N–H and O–H groups in total. The minimum atomic E-state index is 0. The molecule has 0 heterocycles. The van der Waals surface area contributed by atoms with Crippen LogP contribution in [0.1, 0.15) is 11.1 Å². The Hall–Kier alpha value is -1.70. The summed E-state index contributed by atoms with van der Waals surface area (Å²) in [6.45, 7) is 0. The van der Waals surface area contributed by atoms with Crippen molar-refractivity contribution < 1.29 is 0 Å². The lowest BCUT2D eigenvalue weighted by atomic mass is 9.98. The second kappa shape index (κ2) is 7.03. The van der Waals surface area contributed by atoms with Gasteiger partial charge in [0.25, 0.3) is 0 Å². The first-order valence-corrected chi connectivity index (χ1v) is 6.54. The summed E-state index contributed by atoms with van der Waals surface area (Å²) < 4.78 is 0. The Bertz CT molecular complexity index is 634. The van der Waals surface area contributed by atoms with Crippen molar-refractivity contribution in [1.29, 1.82) is 10.7 Å². The van der Waals surface area contributed by atoms with Gasteiger partial charge in [-0.25, -0.2) is 0 Å². The number of nitrogens with one attached hydrogen (secondary N) is 1. The highest BCUT2D eigenvalue weighted by Crippen LogP contribution is 2.25. The topological polar surface area (TPSA) is 73.7 Å². The minimum Gasteiger partial charge on any atom is -0.379 e. The van der Waals surface area contributed by atoms with Crippen LogP contribution in [0.4, 0.5) is 0 Å². The van der Waals surface area contributed by atoms with Crippen LogP contribution in [-0.4, -0.2) is 5.17 Å². The highest BCUT2D eigenvalue weighted by Gasteiger charge is 2.07. The Labute approximate surface area is 122 Å². The first kappa shape index (κ1) is 15.4. The van der Waals surface area contributed by atoms with E-state index in [2.05, 4.69) is 6.07 Å². The van der Waals surface area contributed by atoms with Gasteiger partial charge >= 0.3 is 0 Å². The SMILES string of the molecule is Cl.N#CCc1c(CSC(=N)N)ccc2ccccc12. The van der Waals surface area contributed by atoms with E-state index in [0.29, 0.717) is 12.2 Å². The van der Waals surface area contributed by atoms with Gasteiger partial charge < -0.3 is 5.73 Å². The number of nitriles is 1. The molecule has 0 spiro atoms. The Morgan fingerprint density at radius 1 is 1.26 bits per heavy atom. The van der Waals surface area contributed by atoms with Gasteiger partial charge in [-0.05, 0) is 21.9 Å². The maximum absolute atomic E-state index is 8.96. The van der Waals surface area contributed by atoms with Crippen LogP contribution >= 0.6 is 24.2 Å². The molecular weight excluding hydrogens is 278 g/mol. The summed E-state index contributed by atoms with van der Waals surface area (Å²) in [6.07, 6.45) is 0.384. The number of halogens is 1.